The average molecular weight is 245 g/mol. The Morgan fingerprint density at radius 3 is 2.78 bits per heavy atom. The third-order valence-corrected chi connectivity index (χ3v) is 3.29. The van der Waals surface area contributed by atoms with E-state index in [1.807, 2.05) is 18.2 Å². The van der Waals surface area contributed by atoms with E-state index in [-0.39, 0.29) is 6.61 Å². The molecule has 1 radical (unpaired) electrons. The van der Waals surface area contributed by atoms with Crippen LogP contribution in [0.2, 0.25) is 0 Å². The Kier molecular flexibility index (Phi) is 4.76. The Bertz CT molecular complexity index is 490. The Labute approximate surface area is 108 Å². The molecule has 2 rings (SSSR count). The number of nitrogens with zero attached hydrogens (tertiary/aromatic N) is 2. The van der Waals surface area contributed by atoms with Gasteiger partial charge in [-0.2, -0.15) is 0 Å². The first kappa shape index (κ1) is 13.1. The van der Waals surface area contributed by atoms with Gasteiger partial charge < -0.3 is 4.57 Å². The van der Waals surface area contributed by atoms with E-state index in [9.17, 15) is 5.11 Å². The molecule has 3 heteroatoms. The van der Waals surface area contributed by atoms with E-state index in [4.69, 9.17) is 0 Å². The third kappa shape index (κ3) is 2.91. The van der Waals surface area contributed by atoms with Gasteiger partial charge in [0.1, 0.15) is 5.82 Å². The van der Waals surface area contributed by atoms with E-state index in [0.29, 0.717) is 6.42 Å². The summed E-state index contributed by atoms with van der Waals surface area (Å²) < 4.78 is 2.23. The SMILES string of the molecule is CCCCCCn1c(CC[O])nc2ccccc21. The minimum Gasteiger partial charge on any atom is -0.328 e. The minimum atomic E-state index is -0.0850. The Morgan fingerprint density at radius 1 is 1.17 bits per heavy atom. The molecule has 0 aliphatic rings. The molecular weight excluding hydrogens is 224 g/mol. The molecule has 3 nitrogen and oxygen atoms in total. The summed E-state index contributed by atoms with van der Waals surface area (Å²) in [5, 5.41) is 10.9. The molecule has 0 saturated heterocycles. The van der Waals surface area contributed by atoms with Crippen LogP contribution in [0.25, 0.3) is 11.0 Å². The lowest BCUT2D eigenvalue weighted by Crippen LogP contribution is -2.05. The van der Waals surface area contributed by atoms with Crippen LogP contribution in [0.15, 0.2) is 24.3 Å². The van der Waals surface area contributed by atoms with Gasteiger partial charge >= 0.3 is 0 Å². The van der Waals surface area contributed by atoms with E-state index >= 15 is 0 Å². The molecule has 1 aromatic carbocycles. The number of aryl methyl sites for hydroxylation is 1. The molecule has 0 atom stereocenters. The smallest absolute Gasteiger partial charge is 0.112 e. The van der Waals surface area contributed by atoms with E-state index in [2.05, 4.69) is 22.5 Å². The molecule has 0 aliphatic carbocycles. The molecule has 0 amide bonds. The van der Waals surface area contributed by atoms with Crippen molar-refractivity contribution < 1.29 is 5.11 Å². The molecule has 1 aromatic heterocycles. The topological polar surface area (TPSA) is 37.7 Å². The number of hydrogen-bond acceptors (Lipinski definition) is 1. The van der Waals surface area contributed by atoms with Crippen LogP contribution in [0.1, 0.15) is 38.4 Å². The highest BCUT2D eigenvalue weighted by molar-refractivity contribution is 5.75. The maximum atomic E-state index is 10.9. The highest BCUT2D eigenvalue weighted by Gasteiger charge is 2.09. The zero-order valence-corrected chi connectivity index (χ0v) is 11.1. The van der Waals surface area contributed by atoms with Crippen LogP contribution in [-0.2, 0) is 18.1 Å². The largest absolute Gasteiger partial charge is 0.328 e. The maximum Gasteiger partial charge on any atom is 0.112 e. The van der Waals surface area contributed by atoms with Crippen molar-refractivity contribution in [2.75, 3.05) is 6.61 Å². The molecule has 2 aromatic rings. The number of hydrogen-bond donors (Lipinski definition) is 0. The lowest BCUT2D eigenvalue weighted by molar-refractivity contribution is 0.194. The molecule has 18 heavy (non-hydrogen) atoms. The summed E-state index contributed by atoms with van der Waals surface area (Å²) in [5.41, 5.74) is 2.17. The first-order chi connectivity index (χ1) is 8.86. The van der Waals surface area contributed by atoms with Gasteiger partial charge in [0, 0.05) is 13.0 Å². The number of para-hydroxylation sites is 2. The van der Waals surface area contributed by atoms with Gasteiger partial charge in [0.05, 0.1) is 17.6 Å². The molecule has 1 heterocycles. The number of fused-ring (bicyclic) bond motifs is 1. The normalized spacial score (nSPS) is 11.2. The van der Waals surface area contributed by atoms with Crippen molar-refractivity contribution >= 4 is 11.0 Å². The molecule has 0 saturated carbocycles. The summed E-state index contributed by atoms with van der Waals surface area (Å²) in [5.74, 6) is 0.947. The van der Waals surface area contributed by atoms with Crippen molar-refractivity contribution in [1.82, 2.24) is 9.55 Å². The predicted octanol–water partition coefficient (Wildman–Crippen LogP) is 3.59. The number of imidazole rings is 1. The second-order valence-corrected chi connectivity index (χ2v) is 4.68. The summed E-state index contributed by atoms with van der Waals surface area (Å²) >= 11 is 0. The summed E-state index contributed by atoms with van der Waals surface area (Å²) in [6.07, 6.45) is 5.48. The summed E-state index contributed by atoms with van der Waals surface area (Å²) in [7, 11) is 0. The van der Waals surface area contributed by atoms with Gasteiger partial charge in [0.15, 0.2) is 0 Å². The third-order valence-electron chi connectivity index (χ3n) is 3.29. The van der Waals surface area contributed by atoms with Crippen LogP contribution < -0.4 is 0 Å². The summed E-state index contributed by atoms with van der Waals surface area (Å²) in [6.45, 7) is 3.11. The highest BCUT2D eigenvalue weighted by atomic mass is 16.3. The van der Waals surface area contributed by atoms with Crippen molar-refractivity contribution in [3.05, 3.63) is 30.1 Å². The second kappa shape index (κ2) is 6.55. The number of rotatable bonds is 7. The average Bonchev–Trinajstić information content (AvgIpc) is 2.73. The zero-order chi connectivity index (χ0) is 12.8. The first-order valence-electron chi connectivity index (χ1n) is 6.89. The fourth-order valence-electron chi connectivity index (χ4n) is 2.35. The van der Waals surface area contributed by atoms with Crippen LogP contribution >= 0.6 is 0 Å². The maximum absolute atomic E-state index is 10.9. The molecule has 0 bridgehead atoms. The quantitative estimate of drug-likeness (QED) is 0.687. The zero-order valence-electron chi connectivity index (χ0n) is 11.1. The van der Waals surface area contributed by atoms with E-state index in [0.717, 1.165) is 23.4 Å². The van der Waals surface area contributed by atoms with Gasteiger partial charge in [-0.15, -0.1) is 0 Å². The molecule has 97 valence electrons. The number of aromatic nitrogens is 2. The minimum absolute atomic E-state index is 0.0850. The van der Waals surface area contributed by atoms with Gasteiger partial charge in [-0.25, -0.2) is 10.1 Å². The van der Waals surface area contributed by atoms with Crippen LogP contribution in [0.5, 0.6) is 0 Å². The van der Waals surface area contributed by atoms with Gasteiger partial charge in [-0.3, -0.25) is 0 Å². The Balaban J connectivity index is 2.19. The van der Waals surface area contributed by atoms with Crippen LogP contribution in [0.4, 0.5) is 0 Å². The Morgan fingerprint density at radius 2 is 2.00 bits per heavy atom. The molecular formula is C15H21N2O. The first-order valence-corrected chi connectivity index (χ1v) is 6.89. The fourth-order valence-corrected chi connectivity index (χ4v) is 2.35. The van der Waals surface area contributed by atoms with Crippen molar-refractivity contribution in [2.45, 2.75) is 45.6 Å². The van der Waals surface area contributed by atoms with Gasteiger partial charge in [0.25, 0.3) is 0 Å². The van der Waals surface area contributed by atoms with E-state index in [1.54, 1.807) is 0 Å². The highest BCUT2D eigenvalue weighted by Crippen LogP contribution is 2.17. The molecule has 0 spiro atoms. The van der Waals surface area contributed by atoms with Gasteiger partial charge in [-0.05, 0) is 18.6 Å². The number of unbranched alkanes of at least 4 members (excludes halogenated alkanes) is 3. The van der Waals surface area contributed by atoms with Gasteiger partial charge in [0.2, 0.25) is 0 Å². The van der Waals surface area contributed by atoms with Crippen LogP contribution in [0, 0.1) is 0 Å². The predicted molar refractivity (Wildman–Crippen MR) is 73.1 cm³/mol. The molecule has 0 fully saturated rings. The van der Waals surface area contributed by atoms with Crippen molar-refractivity contribution in [2.24, 2.45) is 0 Å². The lowest BCUT2D eigenvalue weighted by Gasteiger charge is -2.08. The van der Waals surface area contributed by atoms with Gasteiger partial charge in [-0.1, -0.05) is 38.3 Å². The number of benzene rings is 1. The van der Waals surface area contributed by atoms with Crippen molar-refractivity contribution in [3.8, 4) is 0 Å². The monoisotopic (exact) mass is 245 g/mol. The van der Waals surface area contributed by atoms with Crippen molar-refractivity contribution in [1.29, 1.82) is 0 Å². The molecule has 0 N–H and O–H groups in total. The van der Waals surface area contributed by atoms with E-state index < -0.39 is 0 Å². The summed E-state index contributed by atoms with van der Waals surface area (Å²) in [4.78, 5) is 4.56. The van der Waals surface area contributed by atoms with Crippen LogP contribution in [0.3, 0.4) is 0 Å². The van der Waals surface area contributed by atoms with E-state index in [1.165, 1.54) is 25.7 Å². The Hall–Kier alpha value is -1.35. The lowest BCUT2D eigenvalue weighted by atomic mass is 10.2. The summed E-state index contributed by atoms with van der Waals surface area (Å²) in [6, 6.07) is 8.15. The standard InChI is InChI=1S/C15H21N2O/c1-2-3-4-7-11-17-14-9-6-5-8-13(14)16-15(17)10-12-18/h5-6,8-9H,2-4,7,10-12H2,1H3. The molecule has 0 aliphatic heterocycles. The molecule has 0 unspecified atom stereocenters. The van der Waals surface area contributed by atoms with Crippen molar-refractivity contribution in [3.63, 3.8) is 0 Å². The second-order valence-electron chi connectivity index (χ2n) is 4.68. The van der Waals surface area contributed by atoms with Crippen LogP contribution in [-0.4, -0.2) is 16.2 Å². The fraction of sp³-hybridized carbons (Fsp3) is 0.533.